The number of hydrogen-bond donors (Lipinski definition) is 2. The van der Waals surface area contributed by atoms with Crippen molar-refractivity contribution in [3.05, 3.63) is 35.1 Å². The van der Waals surface area contributed by atoms with Crippen molar-refractivity contribution in [3.63, 3.8) is 0 Å². The summed E-state index contributed by atoms with van der Waals surface area (Å²) in [7, 11) is 0. The molecule has 2 aromatic rings. The summed E-state index contributed by atoms with van der Waals surface area (Å²) in [6.45, 7) is 1.88. The van der Waals surface area contributed by atoms with Crippen LogP contribution in [0, 0.1) is 6.92 Å². The van der Waals surface area contributed by atoms with Gasteiger partial charge in [0.05, 0.1) is 0 Å². The van der Waals surface area contributed by atoms with E-state index in [4.69, 9.17) is 17.3 Å². The van der Waals surface area contributed by atoms with Crippen molar-refractivity contribution in [1.29, 1.82) is 0 Å². The molecule has 1 aromatic carbocycles. The number of nitrogens with zero attached hydrogens (tertiary/aromatic N) is 1. The monoisotopic (exact) mass is 239 g/mol. The van der Waals surface area contributed by atoms with Crippen molar-refractivity contribution in [1.82, 2.24) is 9.97 Å². The molecule has 0 saturated heterocycles. The van der Waals surface area contributed by atoms with E-state index in [2.05, 4.69) is 9.97 Å². The molecular weight excluding hydrogens is 230 g/mol. The summed E-state index contributed by atoms with van der Waals surface area (Å²) in [6, 6.07) is 7.58. The number of nitrogen functional groups attached to an aromatic ring is 1. The van der Waals surface area contributed by atoms with Gasteiger partial charge in [0.2, 0.25) is 0 Å². The number of hydrogen-bond acceptors (Lipinski definition) is 3. The van der Waals surface area contributed by atoms with E-state index in [0.29, 0.717) is 5.82 Å². The molecular formula is C10H10ClN3S. The molecule has 1 heterocycles. The van der Waals surface area contributed by atoms with Gasteiger partial charge in [-0.25, -0.2) is 4.98 Å². The van der Waals surface area contributed by atoms with E-state index < -0.39 is 0 Å². The minimum absolute atomic E-state index is 0.604. The molecule has 78 valence electrons. The highest BCUT2D eigenvalue weighted by Crippen LogP contribution is 2.30. The highest BCUT2D eigenvalue weighted by molar-refractivity contribution is 7.99. The van der Waals surface area contributed by atoms with Gasteiger partial charge in [-0.15, -0.1) is 0 Å². The van der Waals surface area contributed by atoms with E-state index in [1.807, 2.05) is 31.2 Å². The standard InChI is InChI=1S/C10H10ClN3S/c1-6-13-9(12)10(14-6)15-8-4-2-7(11)3-5-8/h2-5H,12H2,1H3,(H,13,14). The molecule has 0 unspecified atom stereocenters. The van der Waals surface area contributed by atoms with Gasteiger partial charge in [-0.2, -0.15) is 0 Å². The van der Waals surface area contributed by atoms with Gasteiger partial charge in [0.25, 0.3) is 0 Å². The molecule has 2 rings (SSSR count). The van der Waals surface area contributed by atoms with E-state index in [1.165, 1.54) is 11.8 Å². The van der Waals surface area contributed by atoms with Gasteiger partial charge in [-0.05, 0) is 31.2 Å². The van der Waals surface area contributed by atoms with Crippen LogP contribution in [0.1, 0.15) is 5.82 Å². The molecule has 0 amide bonds. The molecule has 3 N–H and O–H groups in total. The molecule has 0 aliphatic heterocycles. The normalized spacial score (nSPS) is 10.5. The van der Waals surface area contributed by atoms with Gasteiger partial charge in [-0.3, -0.25) is 0 Å². The number of rotatable bonds is 2. The first kappa shape index (κ1) is 10.4. The van der Waals surface area contributed by atoms with E-state index in [9.17, 15) is 0 Å². The lowest BCUT2D eigenvalue weighted by Gasteiger charge is -1.98. The summed E-state index contributed by atoms with van der Waals surface area (Å²) in [5.41, 5.74) is 5.75. The molecule has 0 aliphatic rings. The second-order valence-electron chi connectivity index (χ2n) is 3.10. The van der Waals surface area contributed by atoms with Crippen molar-refractivity contribution in [2.75, 3.05) is 5.73 Å². The average Bonchev–Trinajstić information content (AvgIpc) is 2.49. The second-order valence-corrected chi connectivity index (χ2v) is 4.60. The first-order chi connectivity index (χ1) is 7.15. The summed E-state index contributed by atoms with van der Waals surface area (Å²) < 4.78 is 0. The molecule has 0 aliphatic carbocycles. The summed E-state index contributed by atoms with van der Waals surface area (Å²) >= 11 is 7.31. The molecule has 5 heteroatoms. The molecule has 0 atom stereocenters. The fourth-order valence-corrected chi connectivity index (χ4v) is 2.15. The first-order valence-corrected chi connectivity index (χ1v) is 5.60. The SMILES string of the molecule is Cc1nc(Sc2ccc(Cl)cc2)c(N)[nH]1. The van der Waals surface area contributed by atoms with Crippen molar-refractivity contribution in [3.8, 4) is 0 Å². The summed E-state index contributed by atoms with van der Waals surface area (Å²) in [5.74, 6) is 1.43. The Morgan fingerprint density at radius 2 is 2.00 bits per heavy atom. The fourth-order valence-electron chi connectivity index (χ4n) is 1.18. The smallest absolute Gasteiger partial charge is 0.143 e. The number of anilines is 1. The highest BCUT2D eigenvalue weighted by atomic mass is 35.5. The molecule has 0 fully saturated rings. The van der Waals surface area contributed by atoms with Gasteiger partial charge < -0.3 is 10.7 Å². The lowest BCUT2D eigenvalue weighted by atomic mass is 10.4. The zero-order valence-corrected chi connectivity index (χ0v) is 9.69. The van der Waals surface area contributed by atoms with E-state index in [1.54, 1.807) is 0 Å². The Bertz CT molecular complexity index is 464. The third-order valence-electron chi connectivity index (χ3n) is 1.84. The van der Waals surface area contributed by atoms with Crippen LogP contribution in [-0.2, 0) is 0 Å². The maximum absolute atomic E-state index is 5.79. The Labute approximate surface area is 97.0 Å². The van der Waals surface area contributed by atoms with Crippen LogP contribution in [-0.4, -0.2) is 9.97 Å². The Hall–Kier alpha value is -1.13. The van der Waals surface area contributed by atoms with E-state index >= 15 is 0 Å². The van der Waals surface area contributed by atoms with Crippen LogP contribution in [0.4, 0.5) is 5.82 Å². The average molecular weight is 240 g/mol. The van der Waals surface area contributed by atoms with Crippen molar-refractivity contribution in [2.24, 2.45) is 0 Å². The molecule has 15 heavy (non-hydrogen) atoms. The lowest BCUT2D eigenvalue weighted by Crippen LogP contribution is -1.86. The van der Waals surface area contributed by atoms with Crippen LogP contribution in [0.25, 0.3) is 0 Å². The minimum atomic E-state index is 0.604. The predicted octanol–water partition coefficient (Wildman–Crippen LogP) is 3.10. The zero-order valence-electron chi connectivity index (χ0n) is 8.12. The summed E-state index contributed by atoms with van der Waals surface area (Å²) in [4.78, 5) is 8.30. The van der Waals surface area contributed by atoms with Crippen LogP contribution < -0.4 is 5.73 Å². The van der Waals surface area contributed by atoms with Crippen molar-refractivity contribution < 1.29 is 0 Å². The number of imidazole rings is 1. The predicted molar refractivity (Wildman–Crippen MR) is 63.3 cm³/mol. The number of aryl methyl sites for hydroxylation is 1. The number of H-pyrrole nitrogens is 1. The fraction of sp³-hybridized carbons (Fsp3) is 0.100. The molecule has 3 nitrogen and oxygen atoms in total. The largest absolute Gasteiger partial charge is 0.383 e. The van der Waals surface area contributed by atoms with E-state index in [0.717, 1.165) is 20.8 Å². The quantitative estimate of drug-likeness (QED) is 0.847. The van der Waals surface area contributed by atoms with Gasteiger partial charge in [-0.1, -0.05) is 23.4 Å². The Morgan fingerprint density at radius 1 is 1.33 bits per heavy atom. The lowest BCUT2D eigenvalue weighted by molar-refractivity contribution is 1.10. The number of nitrogens with one attached hydrogen (secondary N) is 1. The second kappa shape index (κ2) is 4.16. The Kier molecular flexibility index (Phi) is 2.88. The van der Waals surface area contributed by atoms with Crippen LogP contribution in [0.15, 0.2) is 34.2 Å². The van der Waals surface area contributed by atoms with Gasteiger partial charge in [0.15, 0.2) is 0 Å². The zero-order chi connectivity index (χ0) is 10.8. The number of benzene rings is 1. The maximum atomic E-state index is 5.79. The Morgan fingerprint density at radius 3 is 2.53 bits per heavy atom. The maximum Gasteiger partial charge on any atom is 0.143 e. The minimum Gasteiger partial charge on any atom is -0.383 e. The number of nitrogens with two attached hydrogens (primary N) is 1. The van der Waals surface area contributed by atoms with Crippen molar-refractivity contribution in [2.45, 2.75) is 16.8 Å². The molecule has 1 aromatic heterocycles. The van der Waals surface area contributed by atoms with Gasteiger partial charge >= 0.3 is 0 Å². The number of halogens is 1. The van der Waals surface area contributed by atoms with Crippen LogP contribution in [0.5, 0.6) is 0 Å². The van der Waals surface area contributed by atoms with Crippen LogP contribution in [0.3, 0.4) is 0 Å². The molecule has 0 saturated carbocycles. The van der Waals surface area contributed by atoms with E-state index in [-0.39, 0.29) is 0 Å². The molecule has 0 spiro atoms. The van der Waals surface area contributed by atoms with Crippen LogP contribution in [0.2, 0.25) is 5.02 Å². The summed E-state index contributed by atoms with van der Waals surface area (Å²) in [6.07, 6.45) is 0. The molecule has 0 bridgehead atoms. The van der Waals surface area contributed by atoms with Crippen molar-refractivity contribution >= 4 is 29.2 Å². The number of aromatic amines is 1. The van der Waals surface area contributed by atoms with Crippen LogP contribution >= 0.6 is 23.4 Å². The Balaban J connectivity index is 2.21. The first-order valence-electron chi connectivity index (χ1n) is 4.40. The highest BCUT2D eigenvalue weighted by Gasteiger charge is 2.06. The topological polar surface area (TPSA) is 54.7 Å². The molecule has 0 radical (unpaired) electrons. The third-order valence-corrected chi connectivity index (χ3v) is 3.11. The third kappa shape index (κ3) is 2.46. The number of aromatic nitrogens is 2. The van der Waals surface area contributed by atoms with Gasteiger partial charge in [0, 0.05) is 9.92 Å². The summed E-state index contributed by atoms with van der Waals surface area (Å²) in [5, 5.41) is 1.53. The van der Waals surface area contributed by atoms with Gasteiger partial charge in [0.1, 0.15) is 16.7 Å².